The molecule has 41 heavy (non-hydrogen) atoms. The van der Waals surface area contributed by atoms with Crippen molar-refractivity contribution in [2.45, 2.75) is 52.1 Å². The van der Waals surface area contributed by atoms with E-state index in [1.807, 2.05) is 50.2 Å². The highest BCUT2D eigenvalue weighted by Gasteiger charge is 2.31. The summed E-state index contributed by atoms with van der Waals surface area (Å²) in [6, 6.07) is 21.0. The van der Waals surface area contributed by atoms with Gasteiger partial charge in [0, 0.05) is 48.1 Å². The third-order valence-electron chi connectivity index (χ3n) is 6.65. The normalized spacial score (nSPS) is 12.0. The Morgan fingerprint density at radius 2 is 1.61 bits per heavy atom. The fraction of sp³-hybridized carbons (Fsp3) is 0.355. The highest BCUT2D eigenvalue weighted by atomic mass is 35.5. The standard InChI is InChI=1S/C31H37Cl2N3O4S/c1-4-18-34-31(38)29(21-24-12-6-5-7-13-24)35(22-26-27(32)15-9-16-28(26)33)30(37)17-10-19-36(41(3,39)40)25-14-8-11-23(2)20-25/h5-9,11-16,20,29H,4,10,17-19,21-22H2,1-3H3,(H,34,38)/t29-/m0/s1. The second-order valence-electron chi connectivity index (χ2n) is 10.00. The fourth-order valence-corrected chi connectivity index (χ4v) is 6.03. The summed E-state index contributed by atoms with van der Waals surface area (Å²) in [5.74, 6) is -0.573. The number of nitrogens with zero attached hydrogens (tertiary/aromatic N) is 2. The van der Waals surface area contributed by atoms with Gasteiger partial charge in [-0.3, -0.25) is 13.9 Å². The number of carbonyl (C=O) groups is 2. The molecule has 1 atom stereocenters. The van der Waals surface area contributed by atoms with E-state index in [0.717, 1.165) is 23.8 Å². The Kier molecular flexibility index (Phi) is 12.1. The molecule has 0 heterocycles. The van der Waals surface area contributed by atoms with Crippen LogP contribution in [-0.2, 0) is 32.6 Å². The summed E-state index contributed by atoms with van der Waals surface area (Å²) in [7, 11) is -3.58. The van der Waals surface area contributed by atoms with Gasteiger partial charge in [0.25, 0.3) is 0 Å². The zero-order chi connectivity index (χ0) is 30.0. The van der Waals surface area contributed by atoms with Crippen molar-refractivity contribution in [1.29, 1.82) is 0 Å². The van der Waals surface area contributed by atoms with E-state index in [4.69, 9.17) is 23.2 Å². The number of benzene rings is 3. The van der Waals surface area contributed by atoms with Crippen LogP contribution in [0.3, 0.4) is 0 Å². The molecule has 3 aromatic carbocycles. The number of halogens is 2. The highest BCUT2D eigenvalue weighted by Crippen LogP contribution is 2.28. The average molecular weight is 619 g/mol. The van der Waals surface area contributed by atoms with Crippen LogP contribution >= 0.6 is 23.2 Å². The van der Waals surface area contributed by atoms with Gasteiger partial charge < -0.3 is 10.2 Å². The lowest BCUT2D eigenvalue weighted by Gasteiger charge is -2.32. The van der Waals surface area contributed by atoms with Crippen molar-refractivity contribution in [2.75, 3.05) is 23.7 Å². The average Bonchev–Trinajstić information content (AvgIpc) is 2.92. The summed E-state index contributed by atoms with van der Waals surface area (Å²) in [6.07, 6.45) is 2.46. The van der Waals surface area contributed by atoms with Gasteiger partial charge in [-0.05, 0) is 55.2 Å². The summed E-state index contributed by atoms with van der Waals surface area (Å²) in [5.41, 5.74) is 2.91. The molecular weight excluding hydrogens is 581 g/mol. The van der Waals surface area contributed by atoms with Gasteiger partial charge in [0.05, 0.1) is 11.9 Å². The van der Waals surface area contributed by atoms with Gasteiger partial charge in [-0.25, -0.2) is 8.42 Å². The highest BCUT2D eigenvalue weighted by molar-refractivity contribution is 7.92. The van der Waals surface area contributed by atoms with E-state index in [-0.39, 0.29) is 37.7 Å². The molecule has 0 spiro atoms. The molecule has 0 saturated heterocycles. The van der Waals surface area contributed by atoms with Gasteiger partial charge in [0.15, 0.2) is 0 Å². The molecule has 0 bridgehead atoms. The quantitative estimate of drug-likeness (QED) is 0.240. The van der Waals surface area contributed by atoms with Gasteiger partial charge in [-0.2, -0.15) is 0 Å². The fourth-order valence-electron chi connectivity index (χ4n) is 4.56. The molecule has 0 fully saturated rings. The second-order valence-corrected chi connectivity index (χ2v) is 12.7. The van der Waals surface area contributed by atoms with Gasteiger partial charge >= 0.3 is 0 Å². The van der Waals surface area contributed by atoms with Crippen LogP contribution in [0.1, 0.15) is 42.9 Å². The van der Waals surface area contributed by atoms with Crippen LogP contribution < -0.4 is 9.62 Å². The number of sulfonamides is 1. The summed E-state index contributed by atoms with van der Waals surface area (Å²) < 4.78 is 26.5. The number of amides is 2. The molecule has 0 saturated carbocycles. The van der Waals surface area contributed by atoms with Crippen LogP contribution in [0.15, 0.2) is 72.8 Å². The Balaban J connectivity index is 1.91. The predicted molar refractivity (Wildman–Crippen MR) is 167 cm³/mol. The van der Waals surface area contributed by atoms with Crippen molar-refractivity contribution in [1.82, 2.24) is 10.2 Å². The van der Waals surface area contributed by atoms with Crippen LogP contribution in [0, 0.1) is 6.92 Å². The smallest absolute Gasteiger partial charge is 0.243 e. The number of anilines is 1. The Labute approximate surface area is 253 Å². The first-order valence-electron chi connectivity index (χ1n) is 13.6. The molecular formula is C31H37Cl2N3O4S. The molecule has 2 amide bonds. The Morgan fingerprint density at radius 1 is 0.951 bits per heavy atom. The Morgan fingerprint density at radius 3 is 2.22 bits per heavy atom. The maximum atomic E-state index is 13.9. The van der Waals surface area contributed by atoms with Crippen LogP contribution in [0.4, 0.5) is 5.69 Å². The van der Waals surface area contributed by atoms with Gasteiger partial charge in [0.2, 0.25) is 21.8 Å². The number of hydrogen-bond donors (Lipinski definition) is 1. The molecule has 3 aromatic rings. The monoisotopic (exact) mass is 617 g/mol. The lowest BCUT2D eigenvalue weighted by molar-refractivity contribution is -0.141. The SMILES string of the molecule is CCCNC(=O)[C@H](Cc1ccccc1)N(Cc1c(Cl)cccc1Cl)C(=O)CCCN(c1cccc(C)c1)S(C)(=O)=O. The predicted octanol–water partition coefficient (Wildman–Crippen LogP) is 6.01. The topological polar surface area (TPSA) is 86.8 Å². The minimum atomic E-state index is -3.58. The molecule has 3 rings (SSSR count). The van der Waals surface area contributed by atoms with Crippen LogP contribution in [0.25, 0.3) is 0 Å². The van der Waals surface area contributed by atoms with E-state index >= 15 is 0 Å². The van der Waals surface area contributed by atoms with Gasteiger partial charge in [-0.15, -0.1) is 0 Å². The van der Waals surface area contributed by atoms with Gasteiger partial charge in [0.1, 0.15) is 6.04 Å². The molecule has 10 heteroatoms. The molecule has 7 nitrogen and oxygen atoms in total. The maximum absolute atomic E-state index is 13.9. The first-order chi connectivity index (χ1) is 19.5. The van der Waals surface area contributed by atoms with E-state index in [1.54, 1.807) is 36.4 Å². The molecule has 1 N–H and O–H groups in total. The van der Waals surface area contributed by atoms with Crippen LogP contribution in [0.2, 0.25) is 10.0 Å². The Bertz CT molecular complexity index is 1410. The van der Waals surface area contributed by atoms with Crippen molar-refractivity contribution in [3.8, 4) is 0 Å². The first kappa shape index (κ1) is 32.4. The molecule has 0 aromatic heterocycles. The molecule has 0 aliphatic carbocycles. The molecule has 0 aliphatic rings. The minimum Gasteiger partial charge on any atom is -0.354 e. The lowest BCUT2D eigenvalue weighted by Crippen LogP contribution is -2.50. The van der Waals surface area contributed by atoms with Gasteiger partial charge in [-0.1, -0.05) is 78.7 Å². The summed E-state index contributed by atoms with van der Waals surface area (Å²) in [6.45, 7) is 4.46. The van der Waals surface area contributed by atoms with Crippen molar-refractivity contribution >= 4 is 50.7 Å². The number of hydrogen-bond acceptors (Lipinski definition) is 4. The summed E-state index contributed by atoms with van der Waals surface area (Å²) in [5, 5.41) is 3.73. The number of nitrogens with one attached hydrogen (secondary N) is 1. The van der Waals surface area contributed by atoms with E-state index in [9.17, 15) is 18.0 Å². The number of rotatable bonds is 14. The van der Waals surface area contributed by atoms with E-state index in [2.05, 4.69) is 5.32 Å². The number of carbonyl (C=O) groups excluding carboxylic acids is 2. The van der Waals surface area contributed by atoms with E-state index in [1.165, 1.54) is 9.21 Å². The zero-order valence-corrected chi connectivity index (χ0v) is 26.0. The summed E-state index contributed by atoms with van der Waals surface area (Å²) >= 11 is 13.0. The first-order valence-corrected chi connectivity index (χ1v) is 16.2. The summed E-state index contributed by atoms with van der Waals surface area (Å²) in [4.78, 5) is 28.9. The Hall–Kier alpha value is -3.07. The lowest BCUT2D eigenvalue weighted by atomic mass is 10.0. The third kappa shape index (κ3) is 9.48. The van der Waals surface area contributed by atoms with E-state index < -0.39 is 16.1 Å². The van der Waals surface area contributed by atoms with E-state index in [0.29, 0.717) is 34.3 Å². The van der Waals surface area contributed by atoms with Crippen molar-refractivity contribution in [2.24, 2.45) is 0 Å². The minimum absolute atomic E-state index is 0.0201. The van der Waals surface area contributed by atoms with Crippen molar-refractivity contribution in [3.05, 3.63) is 99.5 Å². The molecule has 0 radical (unpaired) electrons. The van der Waals surface area contributed by atoms with Crippen molar-refractivity contribution < 1.29 is 18.0 Å². The largest absolute Gasteiger partial charge is 0.354 e. The number of aryl methyl sites for hydroxylation is 1. The van der Waals surface area contributed by atoms with Crippen LogP contribution in [-0.4, -0.2) is 50.5 Å². The zero-order valence-electron chi connectivity index (χ0n) is 23.6. The second kappa shape index (κ2) is 15.2. The molecule has 220 valence electrons. The maximum Gasteiger partial charge on any atom is 0.243 e. The van der Waals surface area contributed by atoms with Crippen molar-refractivity contribution in [3.63, 3.8) is 0 Å². The molecule has 0 aliphatic heterocycles. The van der Waals surface area contributed by atoms with Crippen LogP contribution in [0.5, 0.6) is 0 Å². The molecule has 0 unspecified atom stereocenters. The third-order valence-corrected chi connectivity index (χ3v) is 8.55.